The third-order valence-corrected chi connectivity index (χ3v) is 9.63. The zero-order valence-electron chi connectivity index (χ0n) is 24.4. The highest BCUT2D eigenvalue weighted by Crippen LogP contribution is 2.43. The lowest BCUT2D eigenvalue weighted by Crippen LogP contribution is -1.89. The van der Waals surface area contributed by atoms with Crippen molar-refractivity contribution in [2.45, 2.75) is 0 Å². The molecule has 9 aromatic carbocycles. The molecule has 10 aromatic rings. The molecule has 10 rings (SSSR count). The lowest BCUT2D eigenvalue weighted by Gasteiger charge is -2.16. The van der Waals surface area contributed by atoms with Gasteiger partial charge in [-0.2, -0.15) is 0 Å². The van der Waals surface area contributed by atoms with E-state index in [4.69, 9.17) is 4.42 Å². The van der Waals surface area contributed by atoms with Gasteiger partial charge in [-0.15, -0.1) is 0 Å². The van der Waals surface area contributed by atoms with Crippen molar-refractivity contribution >= 4 is 65.0 Å². The van der Waals surface area contributed by atoms with Crippen LogP contribution in [0, 0.1) is 0 Å². The van der Waals surface area contributed by atoms with Gasteiger partial charge in [-0.3, -0.25) is 0 Å². The third-order valence-electron chi connectivity index (χ3n) is 9.63. The molecule has 45 heavy (non-hydrogen) atoms. The molecule has 0 saturated carbocycles. The zero-order valence-corrected chi connectivity index (χ0v) is 24.4. The number of benzene rings is 9. The first-order valence-electron chi connectivity index (χ1n) is 15.5. The first-order chi connectivity index (χ1) is 22.3. The van der Waals surface area contributed by atoms with E-state index in [0.717, 1.165) is 21.9 Å². The first kappa shape index (κ1) is 24.5. The summed E-state index contributed by atoms with van der Waals surface area (Å²) in [5, 5.41) is 12.6. The number of hydrogen-bond donors (Lipinski definition) is 0. The molecule has 0 N–H and O–H groups in total. The Bertz CT molecular complexity index is 2740. The lowest BCUT2D eigenvalue weighted by atomic mass is 9.87. The summed E-state index contributed by atoms with van der Waals surface area (Å²) >= 11 is 0. The van der Waals surface area contributed by atoms with Crippen molar-refractivity contribution in [3.05, 3.63) is 158 Å². The van der Waals surface area contributed by atoms with Gasteiger partial charge >= 0.3 is 0 Å². The largest absolute Gasteiger partial charge is 0.456 e. The van der Waals surface area contributed by atoms with E-state index < -0.39 is 0 Å². The van der Waals surface area contributed by atoms with Gasteiger partial charge in [-0.1, -0.05) is 133 Å². The van der Waals surface area contributed by atoms with Gasteiger partial charge in [0.2, 0.25) is 0 Å². The van der Waals surface area contributed by atoms with Crippen LogP contribution in [0.4, 0.5) is 0 Å². The summed E-state index contributed by atoms with van der Waals surface area (Å²) in [5.74, 6) is 0. The van der Waals surface area contributed by atoms with Crippen molar-refractivity contribution in [3.8, 4) is 33.4 Å². The fraction of sp³-hybridized carbons (Fsp3) is 0. The van der Waals surface area contributed by atoms with Crippen LogP contribution in [0.3, 0.4) is 0 Å². The molecule has 1 nitrogen and oxygen atoms in total. The maximum Gasteiger partial charge on any atom is 0.135 e. The molecule has 0 amide bonds. The molecule has 208 valence electrons. The van der Waals surface area contributed by atoms with Crippen molar-refractivity contribution in [2.75, 3.05) is 0 Å². The number of rotatable bonds is 3. The van der Waals surface area contributed by atoms with Crippen LogP contribution in [0.25, 0.3) is 98.4 Å². The Balaban J connectivity index is 1.19. The van der Waals surface area contributed by atoms with Crippen LogP contribution in [0.5, 0.6) is 0 Å². The summed E-state index contributed by atoms with van der Waals surface area (Å²) in [7, 11) is 0. The zero-order chi connectivity index (χ0) is 29.5. The van der Waals surface area contributed by atoms with Gasteiger partial charge in [0, 0.05) is 10.8 Å². The van der Waals surface area contributed by atoms with Crippen LogP contribution in [-0.4, -0.2) is 0 Å². The minimum Gasteiger partial charge on any atom is -0.456 e. The summed E-state index contributed by atoms with van der Waals surface area (Å²) in [6.07, 6.45) is 0. The van der Waals surface area contributed by atoms with Gasteiger partial charge in [0.1, 0.15) is 11.2 Å². The highest BCUT2D eigenvalue weighted by atomic mass is 16.3. The molecule has 1 aromatic heterocycles. The Hall–Kier alpha value is -5.92. The molecule has 1 heterocycles. The highest BCUT2D eigenvalue weighted by Gasteiger charge is 2.16. The van der Waals surface area contributed by atoms with E-state index >= 15 is 0 Å². The second-order valence-corrected chi connectivity index (χ2v) is 12.1. The smallest absolute Gasteiger partial charge is 0.135 e. The Labute approximate surface area is 259 Å². The monoisotopic (exact) mass is 570 g/mol. The van der Waals surface area contributed by atoms with E-state index in [9.17, 15) is 0 Å². The van der Waals surface area contributed by atoms with Crippen LogP contribution >= 0.6 is 0 Å². The fourth-order valence-corrected chi connectivity index (χ4v) is 7.51. The van der Waals surface area contributed by atoms with Crippen LogP contribution in [0.15, 0.2) is 162 Å². The molecular formula is C44H26O. The molecule has 0 spiro atoms. The fourth-order valence-electron chi connectivity index (χ4n) is 7.51. The Morgan fingerprint density at radius 2 is 0.822 bits per heavy atom. The summed E-state index contributed by atoms with van der Waals surface area (Å²) in [6.45, 7) is 0. The van der Waals surface area contributed by atoms with E-state index in [2.05, 4.69) is 158 Å². The quantitative estimate of drug-likeness (QED) is 0.193. The maximum absolute atomic E-state index is 6.36. The van der Waals surface area contributed by atoms with Crippen molar-refractivity contribution in [2.24, 2.45) is 0 Å². The number of hydrogen-bond acceptors (Lipinski definition) is 1. The van der Waals surface area contributed by atoms with Crippen LogP contribution in [0.2, 0.25) is 0 Å². The SMILES string of the molecule is c1ccc(-c2ccc3ccc4c(-c5ccc6oc7ccc(-c8cccc9ccccc89)cc7c6c5)ccc5ccc2c3c54)cc1. The van der Waals surface area contributed by atoms with Crippen molar-refractivity contribution in [3.63, 3.8) is 0 Å². The van der Waals surface area contributed by atoms with E-state index in [0.29, 0.717) is 0 Å². The van der Waals surface area contributed by atoms with Crippen molar-refractivity contribution in [1.82, 2.24) is 0 Å². The van der Waals surface area contributed by atoms with E-state index in [1.165, 1.54) is 76.5 Å². The van der Waals surface area contributed by atoms with E-state index in [1.807, 2.05) is 0 Å². The summed E-state index contributed by atoms with van der Waals surface area (Å²) < 4.78 is 6.36. The van der Waals surface area contributed by atoms with Gasteiger partial charge in [-0.05, 0) is 101 Å². The molecule has 0 saturated heterocycles. The number of furan rings is 1. The van der Waals surface area contributed by atoms with Gasteiger partial charge in [0.25, 0.3) is 0 Å². The molecule has 0 bridgehead atoms. The van der Waals surface area contributed by atoms with Gasteiger partial charge < -0.3 is 4.42 Å². The predicted octanol–water partition coefficient (Wildman–Crippen LogP) is 12.6. The molecule has 0 radical (unpaired) electrons. The summed E-state index contributed by atoms with van der Waals surface area (Å²) in [5.41, 5.74) is 9.22. The Morgan fingerprint density at radius 1 is 0.289 bits per heavy atom. The first-order valence-corrected chi connectivity index (χ1v) is 15.5. The second-order valence-electron chi connectivity index (χ2n) is 12.1. The number of fused-ring (bicyclic) bond motifs is 4. The minimum absolute atomic E-state index is 0.911. The molecular weight excluding hydrogens is 544 g/mol. The Kier molecular flexibility index (Phi) is 5.06. The lowest BCUT2D eigenvalue weighted by molar-refractivity contribution is 0.669. The molecule has 0 aliphatic heterocycles. The van der Waals surface area contributed by atoms with Crippen molar-refractivity contribution < 1.29 is 4.42 Å². The van der Waals surface area contributed by atoms with E-state index in [-0.39, 0.29) is 0 Å². The van der Waals surface area contributed by atoms with E-state index in [1.54, 1.807) is 0 Å². The third kappa shape index (κ3) is 3.62. The minimum atomic E-state index is 0.911. The predicted molar refractivity (Wildman–Crippen MR) is 191 cm³/mol. The molecule has 0 fully saturated rings. The molecule has 0 aliphatic rings. The Morgan fingerprint density at radius 3 is 1.49 bits per heavy atom. The molecule has 0 atom stereocenters. The highest BCUT2D eigenvalue weighted by molar-refractivity contribution is 6.27. The van der Waals surface area contributed by atoms with Gasteiger partial charge in [0.15, 0.2) is 0 Å². The molecule has 0 aliphatic carbocycles. The topological polar surface area (TPSA) is 13.1 Å². The summed E-state index contributed by atoms with van der Waals surface area (Å²) in [4.78, 5) is 0. The van der Waals surface area contributed by atoms with Crippen LogP contribution in [0.1, 0.15) is 0 Å². The average molecular weight is 571 g/mol. The molecule has 0 unspecified atom stereocenters. The normalized spacial score (nSPS) is 12.0. The van der Waals surface area contributed by atoms with Crippen LogP contribution < -0.4 is 0 Å². The second kappa shape index (κ2) is 9.29. The molecule has 1 heteroatoms. The van der Waals surface area contributed by atoms with Gasteiger partial charge in [-0.25, -0.2) is 0 Å². The average Bonchev–Trinajstić information content (AvgIpc) is 3.48. The maximum atomic E-state index is 6.36. The van der Waals surface area contributed by atoms with Gasteiger partial charge in [0.05, 0.1) is 0 Å². The van der Waals surface area contributed by atoms with Crippen LogP contribution in [-0.2, 0) is 0 Å². The summed E-state index contributed by atoms with van der Waals surface area (Å²) in [6, 6.07) is 57.4. The standard InChI is InChI=1S/C44H26O/c1-2-7-27(8-3-1)35-19-13-29-16-22-38-36(20-14-30-15-21-37(35)43(29)44(30)38)32-18-24-42-40(26-32)39-25-31(17-23-41(39)45-42)34-12-6-10-28-9-4-5-11-33(28)34/h1-26H. The van der Waals surface area contributed by atoms with Crippen molar-refractivity contribution in [1.29, 1.82) is 0 Å².